The molecule has 4 heteroatoms. The van der Waals surface area contributed by atoms with E-state index in [1.807, 2.05) is 19.1 Å². The third kappa shape index (κ3) is 5.88. The maximum absolute atomic E-state index is 11.8. The standard InChI is InChI=1S/C20H22O4/c1-16(15-24-20(22)18-12-6-3-7-13-18)9-8-14-23-19(21)17-10-4-2-5-11-17/h2-7,10-13,16H,8-9,14-15H2,1H3. The van der Waals surface area contributed by atoms with Gasteiger partial charge in [0.15, 0.2) is 0 Å². The fourth-order valence-corrected chi connectivity index (χ4v) is 2.21. The topological polar surface area (TPSA) is 52.6 Å². The molecular weight excluding hydrogens is 304 g/mol. The quantitative estimate of drug-likeness (QED) is 0.541. The summed E-state index contributed by atoms with van der Waals surface area (Å²) >= 11 is 0. The van der Waals surface area contributed by atoms with Crippen molar-refractivity contribution in [3.8, 4) is 0 Å². The molecule has 0 radical (unpaired) electrons. The summed E-state index contributed by atoms with van der Waals surface area (Å²) in [6, 6.07) is 17.9. The number of esters is 2. The minimum Gasteiger partial charge on any atom is -0.462 e. The molecule has 126 valence electrons. The van der Waals surface area contributed by atoms with Crippen LogP contribution in [0.2, 0.25) is 0 Å². The summed E-state index contributed by atoms with van der Waals surface area (Å²) in [5.74, 6) is -0.398. The molecule has 0 amide bonds. The van der Waals surface area contributed by atoms with Crippen molar-refractivity contribution in [3.05, 3.63) is 71.8 Å². The number of ether oxygens (including phenoxy) is 2. The molecule has 0 spiro atoms. The maximum atomic E-state index is 11.8. The molecule has 0 aliphatic rings. The molecule has 0 aromatic heterocycles. The molecule has 0 aliphatic heterocycles. The summed E-state index contributed by atoms with van der Waals surface area (Å²) < 4.78 is 10.5. The Morgan fingerprint density at radius 3 is 1.88 bits per heavy atom. The van der Waals surface area contributed by atoms with Crippen molar-refractivity contribution in [2.45, 2.75) is 19.8 Å². The van der Waals surface area contributed by atoms with E-state index < -0.39 is 0 Å². The van der Waals surface area contributed by atoms with Crippen molar-refractivity contribution in [1.82, 2.24) is 0 Å². The lowest BCUT2D eigenvalue weighted by atomic mass is 10.1. The Balaban J connectivity index is 1.61. The molecule has 0 bridgehead atoms. The molecule has 0 saturated heterocycles. The third-order valence-corrected chi connectivity index (χ3v) is 3.59. The Hall–Kier alpha value is -2.62. The van der Waals surface area contributed by atoms with Gasteiger partial charge in [0.05, 0.1) is 24.3 Å². The summed E-state index contributed by atoms with van der Waals surface area (Å²) in [5, 5.41) is 0. The fourth-order valence-electron chi connectivity index (χ4n) is 2.21. The first-order valence-electron chi connectivity index (χ1n) is 8.11. The summed E-state index contributed by atoms with van der Waals surface area (Å²) in [6.45, 7) is 2.74. The summed E-state index contributed by atoms with van der Waals surface area (Å²) in [5.41, 5.74) is 1.11. The van der Waals surface area contributed by atoms with E-state index >= 15 is 0 Å². The summed E-state index contributed by atoms with van der Waals surface area (Å²) in [7, 11) is 0. The van der Waals surface area contributed by atoms with Crippen LogP contribution in [-0.4, -0.2) is 25.2 Å². The average Bonchev–Trinajstić information content (AvgIpc) is 2.64. The van der Waals surface area contributed by atoms with Crippen LogP contribution >= 0.6 is 0 Å². The zero-order valence-corrected chi connectivity index (χ0v) is 13.8. The highest BCUT2D eigenvalue weighted by Gasteiger charge is 2.10. The Morgan fingerprint density at radius 1 is 0.833 bits per heavy atom. The predicted octanol–water partition coefficient (Wildman–Crippen LogP) is 4.12. The van der Waals surface area contributed by atoms with Gasteiger partial charge in [-0.15, -0.1) is 0 Å². The first-order valence-corrected chi connectivity index (χ1v) is 8.11. The van der Waals surface area contributed by atoms with E-state index in [4.69, 9.17) is 9.47 Å². The largest absolute Gasteiger partial charge is 0.462 e. The van der Waals surface area contributed by atoms with Gasteiger partial charge < -0.3 is 9.47 Å². The summed E-state index contributed by atoms with van der Waals surface area (Å²) in [4.78, 5) is 23.6. The number of benzene rings is 2. The van der Waals surface area contributed by atoms with Gasteiger partial charge in [-0.1, -0.05) is 43.3 Å². The van der Waals surface area contributed by atoms with Crippen LogP contribution < -0.4 is 0 Å². The lowest BCUT2D eigenvalue weighted by molar-refractivity contribution is 0.0425. The molecule has 2 aromatic carbocycles. The lowest BCUT2D eigenvalue weighted by Gasteiger charge is -2.12. The van der Waals surface area contributed by atoms with E-state index in [1.165, 1.54) is 0 Å². The second kappa shape index (κ2) is 9.50. The van der Waals surface area contributed by atoms with Crippen LogP contribution in [0.1, 0.15) is 40.5 Å². The van der Waals surface area contributed by atoms with E-state index in [0.29, 0.717) is 24.3 Å². The molecule has 1 atom stereocenters. The SMILES string of the molecule is CC(CCCOC(=O)c1ccccc1)COC(=O)c1ccccc1. The van der Waals surface area contributed by atoms with Crippen molar-refractivity contribution in [2.24, 2.45) is 5.92 Å². The molecule has 0 heterocycles. The van der Waals surface area contributed by atoms with Gasteiger partial charge in [-0.2, -0.15) is 0 Å². The van der Waals surface area contributed by atoms with Crippen molar-refractivity contribution in [1.29, 1.82) is 0 Å². The highest BCUT2D eigenvalue weighted by atomic mass is 16.5. The molecule has 0 saturated carbocycles. The van der Waals surface area contributed by atoms with Crippen LogP contribution in [0, 0.1) is 5.92 Å². The maximum Gasteiger partial charge on any atom is 0.338 e. The van der Waals surface area contributed by atoms with Crippen molar-refractivity contribution in [2.75, 3.05) is 13.2 Å². The van der Waals surface area contributed by atoms with Crippen LogP contribution in [0.15, 0.2) is 60.7 Å². The van der Waals surface area contributed by atoms with E-state index in [0.717, 1.165) is 12.8 Å². The third-order valence-electron chi connectivity index (χ3n) is 3.59. The van der Waals surface area contributed by atoms with Crippen LogP contribution in [0.3, 0.4) is 0 Å². The molecule has 4 nitrogen and oxygen atoms in total. The van der Waals surface area contributed by atoms with Crippen molar-refractivity contribution >= 4 is 11.9 Å². The molecule has 0 N–H and O–H groups in total. The van der Waals surface area contributed by atoms with E-state index in [2.05, 4.69) is 0 Å². The zero-order chi connectivity index (χ0) is 17.2. The second-order valence-corrected chi connectivity index (χ2v) is 5.71. The van der Waals surface area contributed by atoms with Gasteiger partial charge >= 0.3 is 11.9 Å². The van der Waals surface area contributed by atoms with Crippen molar-refractivity contribution < 1.29 is 19.1 Å². The van der Waals surface area contributed by atoms with Gasteiger partial charge in [0.25, 0.3) is 0 Å². The predicted molar refractivity (Wildman–Crippen MR) is 91.8 cm³/mol. The fraction of sp³-hybridized carbons (Fsp3) is 0.300. The molecule has 0 aliphatic carbocycles. The minimum atomic E-state index is -0.307. The summed E-state index contributed by atoms with van der Waals surface area (Å²) in [6.07, 6.45) is 1.56. The van der Waals surface area contributed by atoms with Gasteiger partial charge in [0.2, 0.25) is 0 Å². The van der Waals surface area contributed by atoms with Gasteiger partial charge in [-0.3, -0.25) is 0 Å². The second-order valence-electron chi connectivity index (χ2n) is 5.71. The number of rotatable bonds is 8. The zero-order valence-electron chi connectivity index (χ0n) is 13.8. The Bertz CT molecular complexity index is 637. The van der Waals surface area contributed by atoms with Gasteiger partial charge in [0.1, 0.15) is 0 Å². The first-order chi connectivity index (χ1) is 11.7. The molecule has 2 rings (SSSR count). The first kappa shape index (κ1) is 17.7. The van der Waals surface area contributed by atoms with Gasteiger partial charge in [0, 0.05) is 0 Å². The molecule has 2 aromatic rings. The highest BCUT2D eigenvalue weighted by Crippen LogP contribution is 2.09. The van der Waals surface area contributed by atoms with Crippen molar-refractivity contribution in [3.63, 3.8) is 0 Å². The number of hydrogen-bond acceptors (Lipinski definition) is 4. The van der Waals surface area contributed by atoms with E-state index in [-0.39, 0.29) is 17.9 Å². The number of hydrogen-bond donors (Lipinski definition) is 0. The highest BCUT2D eigenvalue weighted by molar-refractivity contribution is 5.89. The van der Waals surface area contributed by atoms with Crippen LogP contribution in [0.4, 0.5) is 0 Å². The number of carbonyl (C=O) groups is 2. The van der Waals surface area contributed by atoms with Crippen LogP contribution in [-0.2, 0) is 9.47 Å². The Labute approximate surface area is 142 Å². The Morgan fingerprint density at radius 2 is 1.33 bits per heavy atom. The van der Waals surface area contributed by atoms with E-state index in [1.54, 1.807) is 48.5 Å². The average molecular weight is 326 g/mol. The normalized spacial score (nSPS) is 11.5. The molecule has 24 heavy (non-hydrogen) atoms. The van der Waals surface area contributed by atoms with Crippen LogP contribution in [0.25, 0.3) is 0 Å². The molecule has 1 unspecified atom stereocenters. The van der Waals surface area contributed by atoms with Gasteiger partial charge in [-0.25, -0.2) is 9.59 Å². The molecular formula is C20H22O4. The van der Waals surface area contributed by atoms with E-state index in [9.17, 15) is 9.59 Å². The molecule has 0 fully saturated rings. The monoisotopic (exact) mass is 326 g/mol. The van der Waals surface area contributed by atoms with Crippen LogP contribution in [0.5, 0.6) is 0 Å². The number of carbonyl (C=O) groups excluding carboxylic acids is 2. The smallest absolute Gasteiger partial charge is 0.338 e. The Kier molecular flexibility index (Phi) is 7.02. The van der Waals surface area contributed by atoms with Gasteiger partial charge in [-0.05, 0) is 43.0 Å². The minimum absolute atomic E-state index is 0.216. The lowest BCUT2D eigenvalue weighted by Crippen LogP contribution is -2.13.